The molecule has 1 aromatic heterocycles. The van der Waals surface area contributed by atoms with E-state index in [0.717, 1.165) is 11.8 Å². The standard InChI is InChI=1S/C18H13FN2O5S/c1-25-14-7-2-10(8-13(14)22)9-15(17(23)24)27-18-21-20-16(26-18)11-3-5-12(19)6-4-11/h2-9,22H,1H3,(H,23,24)/b15-9+. The molecule has 1 heterocycles. The number of phenolic OH excluding ortho intramolecular Hbond substituents is 1. The van der Waals surface area contributed by atoms with E-state index in [1.165, 1.54) is 49.6 Å². The molecule has 0 spiro atoms. The Balaban J connectivity index is 1.84. The summed E-state index contributed by atoms with van der Waals surface area (Å²) in [5.74, 6) is -1.29. The Labute approximate surface area is 157 Å². The van der Waals surface area contributed by atoms with Crippen molar-refractivity contribution < 1.29 is 28.6 Å². The fourth-order valence-corrected chi connectivity index (χ4v) is 2.81. The number of aliphatic carboxylic acids is 1. The van der Waals surface area contributed by atoms with Crippen LogP contribution in [-0.2, 0) is 4.79 Å². The molecule has 9 heteroatoms. The molecule has 0 saturated carbocycles. The van der Waals surface area contributed by atoms with E-state index in [1.807, 2.05) is 0 Å². The second kappa shape index (κ2) is 7.92. The Kier molecular flexibility index (Phi) is 5.41. The zero-order valence-electron chi connectivity index (χ0n) is 13.9. The fourth-order valence-electron chi connectivity index (χ4n) is 2.14. The van der Waals surface area contributed by atoms with E-state index in [9.17, 15) is 19.4 Å². The molecule has 0 radical (unpaired) electrons. The largest absolute Gasteiger partial charge is 0.504 e. The summed E-state index contributed by atoms with van der Waals surface area (Å²) in [6, 6.07) is 9.96. The highest BCUT2D eigenvalue weighted by molar-refractivity contribution is 8.03. The van der Waals surface area contributed by atoms with Gasteiger partial charge in [0.1, 0.15) is 10.7 Å². The molecule has 2 N–H and O–H groups in total. The number of aromatic hydroxyl groups is 1. The highest BCUT2D eigenvalue weighted by Crippen LogP contribution is 2.32. The number of halogens is 1. The number of carboxylic acids is 1. The SMILES string of the molecule is COc1ccc(/C=C(/Sc2nnc(-c3ccc(F)cc3)o2)C(=O)O)cc1O. The number of ether oxygens (including phenoxy) is 1. The molecule has 7 nitrogen and oxygen atoms in total. The summed E-state index contributed by atoms with van der Waals surface area (Å²) >= 11 is 0.760. The van der Waals surface area contributed by atoms with E-state index in [0.29, 0.717) is 11.1 Å². The molecular formula is C18H13FN2O5S. The molecule has 0 aliphatic rings. The highest BCUT2D eigenvalue weighted by atomic mass is 32.2. The van der Waals surface area contributed by atoms with Crippen molar-refractivity contribution in [2.24, 2.45) is 0 Å². The zero-order valence-corrected chi connectivity index (χ0v) is 14.7. The van der Waals surface area contributed by atoms with Crippen LogP contribution in [0.15, 0.2) is 57.0 Å². The Bertz CT molecular complexity index is 1000. The van der Waals surface area contributed by atoms with Crippen LogP contribution in [0.3, 0.4) is 0 Å². The number of aromatic nitrogens is 2. The Morgan fingerprint density at radius 3 is 2.59 bits per heavy atom. The van der Waals surface area contributed by atoms with Gasteiger partial charge in [-0.15, -0.1) is 10.2 Å². The summed E-state index contributed by atoms with van der Waals surface area (Å²) < 4.78 is 23.4. The van der Waals surface area contributed by atoms with Gasteiger partial charge in [-0.1, -0.05) is 6.07 Å². The number of rotatable bonds is 6. The van der Waals surface area contributed by atoms with Gasteiger partial charge in [0.2, 0.25) is 5.89 Å². The lowest BCUT2D eigenvalue weighted by molar-refractivity contribution is -0.131. The molecule has 0 aliphatic carbocycles. The van der Waals surface area contributed by atoms with Gasteiger partial charge in [0.05, 0.1) is 7.11 Å². The monoisotopic (exact) mass is 388 g/mol. The summed E-state index contributed by atoms with van der Waals surface area (Å²) in [6.07, 6.45) is 1.36. The number of nitrogens with zero attached hydrogens (tertiary/aromatic N) is 2. The predicted molar refractivity (Wildman–Crippen MR) is 95.8 cm³/mol. The van der Waals surface area contributed by atoms with Crippen molar-refractivity contribution in [3.63, 3.8) is 0 Å². The second-order valence-electron chi connectivity index (χ2n) is 5.23. The number of hydrogen-bond acceptors (Lipinski definition) is 7. The first-order valence-electron chi connectivity index (χ1n) is 7.55. The van der Waals surface area contributed by atoms with Gasteiger partial charge in [0, 0.05) is 5.56 Å². The maximum atomic E-state index is 13.0. The third kappa shape index (κ3) is 4.45. The smallest absolute Gasteiger partial charge is 0.342 e. The molecule has 0 unspecified atom stereocenters. The zero-order chi connectivity index (χ0) is 19.4. The van der Waals surface area contributed by atoms with Crippen LogP contribution in [-0.4, -0.2) is 33.5 Å². The normalized spacial score (nSPS) is 11.4. The quantitative estimate of drug-likeness (QED) is 0.485. The van der Waals surface area contributed by atoms with Gasteiger partial charge in [-0.2, -0.15) is 0 Å². The summed E-state index contributed by atoms with van der Waals surface area (Å²) in [5, 5.41) is 26.9. The molecule has 0 aliphatic heterocycles. The molecule has 0 bridgehead atoms. The van der Waals surface area contributed by atoms with Crippen LogP contribution < -0.4 is 4.74 Å². The molecule has 0 amide bonds. The maximum absolute atomic E-state index is 13.0. The van der Waals surface area contributed by atoms with Crippen LogP contribution in [0.2, 0.25) is 0 Å². The molecule has 2 aromatic carbocycles. The average Bonchev–Trinajstić information content (AvgIpc) is 3.10. The minimum atomic E-state index is -1.20. The number of carboxylic acid groups (broad SMARTS) is 1. The molecule has 3 aromatic rings. The number of methoxy groups -OCH3 is 1. The first kappa shape index (κ1) is 18.5. The third-order valence-electron chi connectivity index (χ3n) is 3.41. The first-order chi connectivity index (χ1) is 13.0. The van der Waals surface area contributed by atoms with E-state index >= 15 is 0 Å². The lowest BCUT2D eigenvalue weighted by Gasteiger charge is -2.04. The average molecular weight is 388 g/mol. The Morgan fingerprint density at radius 1 is 1.22 bits per heavy atom. The van der Waals surface area contributed by atoms with Gasteiger partial charge in [0.15, 0.2) is 11.5 Å². The van der Waals surface area contributed by atoms with E-state index in [1.54, 1.807) is 6.07 Å². The van der Waals surface area contributed by atoms with Crippen molar-refractivity contribution in [2.75, 3.05) is 7.11 Å². The van der Waals surface area contributed by atoms with Gasteiger partial charge in [0.25, 0.3) is 5.22 Å². The minimum absolute atomic E-state index is 0.0145. The van der Waals surface area contributed by atoms with Crippen LogP contribution in [0.5, 0.6) is 11.5 Å². The van der Waals surface area contributed by atoms with Gasteiger partial charge >= 0.3 is 5.97 Å². The number of phenols is 1. The molecule has 0 fully saturated rings. The summed E-state index contributed by atoms with van der Waals surface area (Å²) in [6.45, 7) is 0. The summed E-state index contributed by atoms with van der Waals surface area (Å²) in [7, 11) is 1.41. The topological polar surface area (TPSA) is 106 Å². The number of thioether (sulfide) groups is 1. The van der Waals surface area contributed by atoms with Crippen molar-refractivity contribution >= 4 is 23.8 Å². The van der Waals surface area contributed by atoms with Gasteiger partial charge in [-0.3, -0.25) is 0 Å². The lowest BCUT2D eigenvalue weighted by Crippen LogP contribution is -1.96. The molecular weight excluding hydrogens is 375 g/mol. The van der Waals surface area contributed by atoms with E-state index < -0.39 is 11.8 Å². The van der Waals surface area contributed by atoms with Crippen molar-refractivity contribution in [1.82, 2.24) is 10.2 Å². The van der Waals surface area contributed by atoms with Gasteiger partial charge in [-0.25, -0.2) is 9.18 Å². The van der Waals surface area contributed by atoms with Crippen molar-refractivity contribution in [3.05, 3.63) is 58.8 Å². The number of benzene rings is 2. The lowest BCUT2D eigenvalue weighted by atomic mass is 10.2. The van der Waals surface area contributed by atoms with Crippen LogP contribution in [0.1, 0.15) is 5.56 Å². The van der Waals surface area contributed by atoms with Crippen molar-refractivity contribution in [2.45, 2.75) is 5.22 Å². The second-order valence-corrected chi connectivity index (χ2v) is 6.22. The first-order valence-corrected chi connectivity index (χ1v) is 8.37. The molecule has 138 valence electrons. The highest BCUT2D eigenvalue weighted by Gasteiger charge is 2.16. The molecule has 27 heavy (non-hydrogen) atoms. The van der Waals surface area contributed by atoms with Crippen LogP contribution in [0, 0.1) is 5.82 Å². The maximum Gasteiger partial charge on any atom is 0.342 e. The molecule has 3 rings (SSSR count). The van der Waals surface area contributed by atoms with E-state index in [-0.39, 0.29) is 27.5 Å². The van der Waals surface area contributed by atoms with Crippen molar-refractivity contribution in [1.29, 1.82) is 0 Å². The third-order valence-corrected chi connectivity index (χ3v) is 4.26. The Hall–Kier alpha value is -3.33. The van der Waals surface area contributed by atoms with E-state index in [2.05, 4.69) is 10.2 Å². The summed E-state index contributed by atoms with van der Waals surface area (Å²) in [4.78, 5) is 11.4. The fraction of sp³-hybridized carbons (Fsp3) is 0.0556. The predicted octanol–water partition coefficient (Wildman–Crippen LogP) is 3.81. The number of hydrogen-bond donors (Lipinski definition) is 2. The molecule has 0 atom stereocenters. The van der Waals surface area contributed by atoms with Crippen LogP contribution in [0.4, 0.5) is 4.39 Å². The van der Waals surface area contributed by atoms with Crippen LogP contribution in [0.25, 0.3) is 17.5 Å². The van der Waals surface area contributed by atoms with E-state index in [4.69, 9.17) is 9.15 Å². The van der Waals surface area contributed by atoms with Crippen LogP contribution >= 0.6 is 11.8 Å². The Morgan fingerprint density at radius 2 is 1.96 bits per heavy atom. The minimum Gasteiger partial charge on any atom is -0.504 e. The molecule has 0 saturated heterocycles. The number of carbonyl (C=O) groups is 1. The summed E-state index contributed by atoms with van der Waals surface area (Å²) in [5.41, 5.74) is 0.966. The van der Waals surface area contributed by atoms with Gasteiger partial charge < -0.3 is 19.4 Å². The van der Waals surface area contributed by atoms with Gasteiger partial charge in [-0.05, 0) is 59.8 Å². The van der Waals surface area contributed by atoms with Crippen molar-refractivity contribution in [3.8, 4) is 23.0 Å².